The highest BCUT2D eigenvalue weighted by Crippen LogP contribution is 2.27. The van der Waals surface area contributed by atoms with Crippen LogP contribution >= 0.6 is 11.3 Å². The van der Waals surface area contributed by atoms with Gasteiger partial charge in [-0.2, -0.15) is 0 Å². The fourth-order valence-electron chi connectivity index (χ4n) is 2.53. The maximum absolute atomic E-state index is 12.0. The minimum absolute atomic E-state index is 0.0139. The number of aromatic nitrogens is 1. The molecule has 26 heavy (non-hydrogen) atoms. The number of anilines is 1. The molecule has 6 nitrogen and oxygen atoms in total. The Balaban J connectivity index is 1.54. The molecular weight excluding hydrogens is 350 g/mol. The van der Waals surface area contributed by atoms with E-state index in [0.717, 1.165) is 28.0 Å². The molecule has 3 aromatic rings. The first-order valence-electron chi connectivity index (χ1n) is 8.62. The zero-order valence-electron chi connectivity index (χ0n) is 14.6. The monoisotopic (exact) mass is 371 g/mol. The number of thiazole rings is 1. The average molecular weight is 371 g/mol. The Bertz CT molecular complexity index is 887. The Morgan fingerprint density at radius 2 is 2.08 bits per heavy atom. The van der Waals surface area contributed by atoms with Gasteiger partial charge in [-0.15, -0.1) is 0 Å². The van der Waals surface area contributed by atoms with Crippen molar-refractivity contribution in [2.75, 3.05) is 5.32 Å². The summed E-state index contributed by atoms with van der Waals surface area (Å²) in [4.78, 5) is 28.1. The zero-order valence-corrected chi connectivity index (χ0v) is 15.4. The van der Waals surface area contributed by atoms with Gasteiger partial charge in [0, 0.05) is 12.8 Å². The van der Waals surface area contributed by atoms with E-state index >= 15 is 0 Å². The van der Waals surface area contributed by atoms with E-state index in [1.165, 1.54) is 11.3 Å². The predicted molar refractivity (Wildman–Crippen MR) is 102 cm³/mol. The predicted octanol–water partition coefficient (Wildman–Crippen LogP) is 3.88. The number of furan rings is 1. The van der Waals surface area contributed by atoms with E-state index in [1.807, 2.05) is 31.2 Å². The van der Waals surface area contributed by atoms with Crippen LogP contribution in [0, 0.1) is 0 Å². The van der Waals surface area contributed by atoms with E-state index in [0.29, 0.717) is 30.9 Å². The van der Waals surface area contributed by atoms with E-state index in [9.17, 15) is 9.59 Å². The van der Waals surface area contributed by atoms with Crippen LogP contribution in [0.4, 0.5) is 5.13 Å². The van der Waals surface area contributed by atoms with Gasteiger partial charge in [-0.3, -0.25) is 9.59 Å². The highest BCUT2D eigenvalue weighted by molar-refractivity contribution is 7.22. The van der Waals surface area contributed by atoms with Crippen LogP contribution in [0.15, 0.2) is 41.0 Å². The summed E-state index contributed by atoms with van der Waals surface area (Å²) in [7, 11) is 0. The SMILES string of the molecule is CCCC(=O)Nc1nc2ccc(CCC(=O)NCc3ccco3)cc2s1. The van der Waals surface area contributed by atoms with Crippen LogP contribution in [0.5, 0.6) is 0 Å². The molecule has 0 aliphatic heterocycles. The molecule has 2 aromatic heterocycles. The lowest BCUT2D eigenvalue weighted by Crippen LogP contribution is -2.22. The number of benzene rings is 1. The number of hydrogen-bond donors (Lipinski definition) is 2. The average Bonchev–Trinajstić information content (AvgIpc) is 3.26. The molecule has 136 valence electrons. The molecule has 0 spiro atoms. The number of aryl methyl sites for hydroxylation is 1. The number of carbonyl (C=O) groups excluding carboxylic acids is 2. The normalized spacial score (nSPS) is 10.8. The Hall–Kier alpha value is -2.67. The minimum Gasteiger partial charge on any atom is -0.467 e. The molecule has 0 atom stereocenters. The standard InChI is InChI=1S/C19H21N3O3S/c1-2-4-18(24)22-19-21-15-8-6-13(11-16(15)26-19)7-9-17(23)20-12-14-5-3-10-25-14/h3,5-6,8,10-11H,2,4,7,9,12H2,1H3,(H,20,23)(H,21,22,24). The maximum Gasteiger partial charge on any atom is 0.226 e. The molecule has 0 unspecified atom stereocenters. The second kappa shape index (κ2) is 8.62. The summed E-state index contributed by atoms with van der Waals surface area (Å²) in [6.45, 7) is 2.37. The molecule has 2 N–H and O–H groups in total. The lowest BCUT2D eigenvalue weighted by atomic mass is 10.1. The van der Waals surface area contributed by atoms with Crippen molar-refractivity contribution in [1.29, 1.82) is 0 Å². The lowest BCUT2D eigenvalue weighted by molar-refractivity contribution is -0.121. The van der Waals surface area contributed by atoms with Gasteiger partial charge < -0.3 is 15.1 Å². The Morgan fingerprint density at radius 1 is 1.19 bits per heavy atom. The molecule has 2 heterocycles. The lowest BCUT2D eigenvalue weighted by Gasteiger charge is -2.03. The molecule has 0 bridgehead atoms. The summed E-state index contributed by atoms with van der Waals surface area (Å²) < 4.78 is 6.19. The number of carbonyl (C=O) groups is 2. The molecule has 0 aliphatic rings. The molecule has 0 aliphatic carbocycles. The van der Waals surface area contributed by atoms with Crippen LogP contribution in [-0.2, 0) is 22.6 Å². The van der Waals surface area contributed by atoms with Gasteiger partial charge in [-0.25, -0.2) is 4.98 Å². The fourth-order valence-corrected chi connectivity index (χ4v) is 3.48. The summed E-state index contributed by atoms with van der Waals surface area (Å²) in [5, 5.41) is 6.29. The first-order chi connectivity index (χ1) is 12.6. The molecule has 1 aromatic carbocycles. The molecule has 0 saturated heterocycles. The quantitative estimate of drug-likeness (QED) is 0.629. The highest BCUT2D eigenvalue weighted by Gasteiger charge is 2.09. The minimum atomic E-state index is -0.0154. The van der Waals surface area contributed by atoms with Crippen LogP contribution in [0.25, 0.3) is 10.2 Å². The summed E-state index contributed by atoms with van der Waals surface area (Å²) >= 11 is 1.45. The largest absolute Gasteiger partial charge is 0.467 e. The molecule has 7 heteroatoms. The topological polar surface area (TPSA) is 84.2 Å². The van der Waals surface area contributed by atoms with Crippen LogP contribution in [-0.4, -0.2) is 16.8 Å². The Labute approximate surface area is 155 Å². The van der Waals surface area contributed by atoms with E-state index in [-0.39, 0.29) is 11.8 Å². The van der Waals surface area contributed by atoms with Gasteiger partial charge in [-0.1, -0.05) is 24.3 Å². The van der Waals surface area contributed by atoms with Crippen LogP contribution in [0.1, 0.15) is 37.5 Å². The zero-order chi connectivity index (χ0) is 18.4. The Morgan fingerprint density at radius 3 is 2.85 bits per heavy atom. The first-order valence-corrected chi connectivity index (χ1v) is 9.44. The van der Waals surface area contributed by atoms with Crippen LogP contribution < -0.4 is 10.6 Å². The van der Waals surface area contributed by atoms with Crippen molar-refractivity contribution >= 4 is 38.5 Å². The molecule has 2 amide bonds. The van der Waals surface area contributed by atoms with Gasteiger partial charge in [0.2, 0.25) is 11.8 Å². The van der Waals surface area contributed by atoms with Gasteiger partial charge in [-0.05, 0) is 42.7 Å². The number of amides is 2. The van der Waals surface area contributed by atoms with Crippen molar-refractivity contribution in [3.05, 3.63) is 47.9 Å². The third-order valence-corrected chi connectivity index (χ3v) is 4.79. The van der Waals surface area contributed by atoms with E-state index in [2.05, 4.69) is 15.6 Å². The first kappa shape index (κ1) is 18.1. The molecule has 0 saturated carbocycles. The van der Waals surface area contributed by atoms with Crippen molar-refractivity contribution in [2.24, 2.45) is 0 Å². The van der Waals surface area contributed by atoms with Crippen molar-refractivity contribution < 1.29 is 14.0 Å². The third kappa shape index (κ3) is 4.92. The summed E-state index contributed by atoms with van der Waals surface area (Å²) in [6, 6.07) is 9.55. The van der Waals surface area contributed by atoms with Crippen LogP contribution in [0.3, 0.4) is 0 Å². The van der Waals surface area contributed by atoms with Crippen molar-refractivity contribution in [1.82, 2.24) is 10.3 Å². The van der Waals surface area contributed by atoms with Gasteiger partial charge in [0.25, 0.3) is 0 Å². The van der Waals surface area contributed by atoms with Crippen molar-refractivity contribution in [3.63, 3.8) is 0 Å². The van der Waals surface area contributed by atoms with Gasteiger partial charge in [0.05, 0.1) is 23.0 Å². The fraction of sp³-hybridized carbons (Fsp3) is 0.316. The molecule has 0 radical (unpaired) electrons. The van der Waals surface area contributed by atoms with Crippen LogP contribution in [0.2, 0.25) is 0 Å². The van der Waals surface area contributed by atoms with Crippen molar-refractivity contribution in [3.8, 4) is 0 Å². The number of fused-ring (bicyclic) bond motifs is 1. The second-order valence-corrected chi connectivity index (χ2v) is 7.01. The highest BCUT2D eigenvalue weighted by atomic mass is 32.1. The van der Waals surface area contributed by atoms with Gasteiger partial charge >= 0.3 is 0 Å². The molecular formula is C19H21N3O3S. The molecule has 3 rings (SSSR count). The van der Waals surface area contributed by atoms with Crippen molar-refractivity contribution in [2.45, 2.75) is 39.2 Å². The second-order valence-electron chi connectivity index (χ2n) is 5.98. The van der Waals surface area contributed by atoms with E-state index < -0.39 is 0 Å². The number of nitrogens with one attached hydrogen (secondary N) is 2. The number of rotatable bonds is 8. The third-order valence-electron chi connectivity index (χ3n) is 3.86. The van der Waals surface area contributed by atoms with E-state index in [4.69, 9.17) is 4.42 Å². The molecule has 0 fully saturated rings. The van der Waals surface area contributed by atoms with Gasteiger partial charge in [0.15, 0.2) is 5.13 Å². The van der Waals surface area contributed by atoms with E-state index in [1.54, 1.807) is 12.3 Å². The maximum atomic E-state index is 12.0. The summed E-state index contributed by atoms with van der Waals surface area (Å²) in [6.07, 6.45) is 3.95. The summed E-state index contributed by atoms with van der Waals surface area (Å²) in [5.41, 5.74) is 1.92. The Kier molecular flexibility index (Phi) is 6.01. The smallest absolute Gasteiger partial charge is 0.226 e. The number of hydrogen-bond acceptors (Lipinski definition) is 5. The summed E-state index contributed by atoms with van der Waals surface area (Å²) in [5.74, 6) is 0.709. The number of nitrogens with zero attached hydrogens (tertiary/aromatic N) is 1. The van der Waals surface area contributed by atoms with Gasteiger partial charge in [0.1, 0.15) is 5.76 Å².